The molecule has 3 atom stereocenters. The van der Waals surface area contributed by atoms with Crippen LogP contribution in [0, 0.1) is 0 Å². The molecule has 3 N–H and O–H groups in total. The molecule has 2 rings (SSSR count). The van der Waals surface area contributed by atoms with Crippen LogP contribution >= 0.6 is 0 Å². The quantitative estimate of drug-likeness (QED) is 0.709. The van der Waals surface area contributed by atoms with Crippen molar-refractivity contribution < 1.29 is 14.7 Å². The van der Waals surface area contributed by atoms with Crippen LogP contribution in [0.2, 0.25) is 4.82 Å². The molecule has 114 valence electrons. The van der Waals surface area contributed by atoms with Gasteiger partial charge in [-0.15, -0.1) is 0 Å². The normalized spacial score (nSPS) is 21.0. The first-order chi connectivity index (χ1) is 10.0. The van der Waals surface area contributed by atoms with Crippen LogP contribution in [-0.2, 0) is 9.59 Å². The van der Waals surface area contributed by atoms with E-state index < -0.39 is 22.9 Å². The molecule has 0 spiro atoms. The minimum absolute atomic E-state index is 0.157. The van der Waals surface area contributed by atoms with Crippen LogP contribution < -0.4 is 10.2 Å². The van der Waals surface area contributed by atoms with Gasteiger partial charge in [0.05, 0.1) is 0 Å². The summed E-state index contributed by atoms with van der Waals surface area (Å²) in [6.45, 7) is 2.17. The maximum atomic E-state index is 12.7. The zero-order chi connectivity index (χ0) is 15.4. The Morgan fingerprint density at radius 3 is 2.62 bits per heavy atom. The number of aliphatic hydroxyl groups is 1. The second-order valence-corrected chi connectivity index (χ2v) is 7.73. The van der Waals surface area contributed by atoms with E-state index in [4.69, 9.17) is 5.73 Å². The molecule has 0 aromatic heterocycles. The summed E-state index contributed by atoms with van der Waals surface area (Å²) in [5.41, 5.74) is 5.36. The van der Waals surface area contributed by atoms with Gasteiger partial charge in [-0.25, -0.2) is 0 Å². The molecule has 2 unspecified atom stereocenters. The molecule has 0 saturated carbocycles. The number of hydrogen-bond acceptors (Lipinski definition) is 3. The molecule has 21 heavy (non-hydrogen) atoms. The third-order valence-electron chi connectivity index (χ3n) is 3.55. The Balaban J connectivity index is 2.14. The summed E-state index contributed by atoms with van der Waals surface area (Å²) in [6.07, 6.45) is 0.655. The Morgan fingerprint density at radius 2 is 2.05 bits per heavy atom. The number of nitrogens with zero attached hydrogens (tertiary/aromatic N) is 1. The van der Waals surface area contributed by atoms with Gasteiger partial charge in [0.1, 0.15) is 0 Å². The Labute approximate surface area is 130 Å². The van der Waals surface area contributed by atoms with E-state index in [0.717, 1.165) is 10.9 Å². The predicted molar refractivity (Wildman–Crippen MR) is 81.2 cm³/mol. The van der Waals surface area contributed by atoms with Crippen molar-refractivity contribution in [2.24, 2.45) is 5.73 Å². The summed E-state index contributed by atoms with van der Waals surface area (Å²) in [5.74, 6) is -0.618. The van der Waals surface area contributed by atoms with Crippen molar-refractivity contribution in [1.82, 2.24) is 4.90 Å². The van der Waals surface area contributed by atoms with Crippen LogP contribution in [0.1, 0.15) is 19.8 Å². The SMILES string of the molecule is CC(O)C([Se]c1ccccc1)C(=O)N1CCC[C@H]1C(N)=O. The minimum atomic E-state index is -0.744. The second-order valence-electron chi connectivity index (χ2n) is 5.18. The first-order valence-corrected chi connectivity index (χ1v) is 8.85. The first kappa shape index (κ1) is 16.0. The number of likely N-dealkylation sites (tertiary alicyclic amines) is 1. The zero-order valence-electron chi connectivity index (χ0n) is 11.9. The number of amides is 2. The summed E-state index contributed by atoms with van der Waals surface area (Å²) in [4.78, 5) is 25.2. The second kappa shape index (κ2) is 7.07. The van der Waals surface area contributed by atoms with E-state index in [1.165, 1.54) is 0 Å². The monoisotopic (exact) mass is 356 g/mol. The summed E-state index contributed by atoms with van der Waals surface area (Å²) in [6, 6.07) is 9.15. The van der Waals surface area contributed by atoms with Crippen molar-refractivity contribution in [3.05, 3.63) is 30.3 Å². The summed E-state index contributed by atoms with van der Waals surface area (Å²) < 4.78 is 1.05. The fourth-order valence-electron chi connectivity index (χ4n) is 2.49. The number of carbonyl (C=O) groups excluding carboxylic acids is 2. The number of aliphatic hydroxyl groups excluding tert-OH is 1. The van der Waals surface area contributed by atoms with Gasteiger partial charge in [0.2, 0.25) is 0 Å². The third-order valence-corrected chi connectivity index (χ3v) is 6.48. The first-order valence-electron chi connectivity index (χ1n) is 7.00. The molecule has 1 fully saturated rings. The van der Waals surface area contributed by atoms with E-state index >= 15 is 0 Å². The van der Waals surface area contributed by atoms with Crippen molar-refractivity contribution in [1.29, 1.82) is 0 Å². The van der Waals surface area contributed by atoms with Crippen molar-refractivity contribution in [2.75, 3.05) is 6.54 Å². The van der Waals surface area contributed by atoms with E-state index in [1.54, 1.807) is 11.8 Å². The Morgan fingerprint density at radius 1 is 1.38 bits per heavy atom. The van der Waals surface area contributed by atoms with Gasteiger partial charge in [0.25, 0.3) is 0 Å². The van der Waals surface area contributed by atoms with Crippen molar-refractivity contribution >= 4 is 31.2 Å². The van der Waals surface area contributed by atoms with E-state index in [-0.39, 0.29) is 20.9 Å². The molecule has 0 bridgehead atoms. The van der Waals surface area contributed by atoms with Crippen LogP contribution in [-0.4, -0.2) is 55.5 Å². The fourth-order valence-corrected chi connectivity index (χ4v) is 4.67. The molecule has 5 nitrogen and oxygen atoms in total. The Hall–Kier alpha value is -1.36. The van der Waals surface area contributed by atoms with Gasteiger partial charge >= 0.3 is 130 Å². The zero-order valence-corrected chi connectivity index (χ0v) is 13.6. The van der Waals surface area contributed by atoms with E-state index in [0.29, 0.717) is 13.0 Å². The van der Waals surface area contributed by atoms with Crippen LogP contribution in [0.15, 0.2) is 30.3 Å². The molecule has 6 heteroatoms. The van der Waals surface area contributed by atoms with Gasteiger partial charge in [0.15, 0.2) is 0 Å². The topological polar surface area (TPSA) is 83.6 Å². The van der Waals surface area contributed by atoms with E-state index in [9.17, 15) is 14.7 Å². The van der Waals surface area contributed by atoms with Gasteiger partial charge in [-0.3, -0.25) is 0 Å². The predicted octanol–water partition coefficient (Wildman–Crippen LogP) is -0.338. The molecule has 1 aliphatic heterocycles. The number of rotatable bonds is 5. The number of carbonyl (C=O) groups is 2. The van der Waals surface area contributed by atoms with Crippen LogP contribution in [0.25, 0.3) is 0 Å². The molecule has 1 aromatic carbocycles. The third kappa shape index (κ3) is 3.84. The summed E-state index contributed by atoms with van der Waals surface area (Å²) in [5, 5.41) is 9.98. The number of nitrogens with two attached hydrogens (primary N) is 1. The van der Waals surface area contributed by atoms with Crippen LogP contribution in [0.4, 0.5) is 0 Å². The van der Waals surface area contributed by atoms with Crippen LogP contribution in [0.3, 0.4) is 0 Å². The van der Waals surface area contributed by atoms with E-state index in [1.807, 2.05) is 30.3 Å². The summed E-state index contributed by atoms with van der Waals surface area (Å²) >= 11 is -0.183. The van der Waals surface area contributed by atoms with Gasteiger partial charge in [0, 0.05) is 0 Å². The van der Waals surface area contributed by atoms with Crippen molar-refractivity contribution in [3.63, 3.8) is 0 Å². The molecule has 0 radical (unpaired) electrons. The Bertz CT molecular complexity index is 507. The number of hydrogen-bond donors (Lipinski definition) is 2. The van der Waals surface area contributed by atoms with Gasteiger partial charge in [-0.05, 0) is 0 Å². The average Bonchev–Trinajstić information content (AvgIpc) is 2.94. The van der Waals surface area contributed by atoms with Crippen LogP contribution in [0.5, 0.6) is 0 Å². The molecule has 2 amide bonds. The molecular weight excluding hydrogens is 335 g/mol. The standard InChI is InChI=1S/C15H20N2O3Se/c1-10(18)13(21-11-6-3-2-4-7-11)15(20)17-9-5-8-12(17)14(16)19/h2-4,6-7,10,12-13,18H,5,8-9H2,1H3,(H2,16,19)/t10?,12-,13?/m0/s1. The number of benzene rings is 1. The van der Waals surface area contributed by atoms with E-state index in [2.05, 4.69) is 0 Å². The maximum absolute atomic E-state index is 12.7. The fraction of sp³-hybridized carbons (Fsp3) is 0.467. The molecule has 1 aliphatic rings. The molecule has 1 aromatic rings. The van der Waals surface area contributed by atoms with Gasteiger partial charge < -0.3 is 0 Å². The summed E-state index contributed by atoms with van der Waals surface area (Å²) in [7, 11) is 0. The van der Waals surface area contributed by atoms with Crippen molar-refractivity contribution in [2.45, 2.75) is 36.7 Å². The Kier molecular flexibility index (Phi) is 5.39. The molecule has 1 saturated heterocycles. The van der Waals surface area contributed by atoms with Gasteiger partial charge in [-0.1, -0.05) is 0 Å². The molecule has 1 heterocycles. The molecular formula is C15H20N2O3Se. The average molecular weight is 355 g/mol. The van der Waals surface area contributed by atoms with Crippen molar-refractivity contribution in [3.8, 4) is 0 Å². The molecule has 0 aliphatic carbocycles. The van der Waals surface area contributed by atoms with Gasteiger partial charge in [-0.2, -0.15) is 0 Å². The number of primary amides is 1.